The quantitative estimate of drug-likeness (QED) is 0.456. The van der Waals surface area contributed by atoms with E-state index in [9.17, 15) is 4.39 Å². The fourth-order valence-electron chi connectivity index (χ4n) is 3.15. The normalized spacial score (nSPS) is 12.1. The van der Waals surface area contributed by atoms with E-state index in [0.29, 0.717) is 10.6 Å². The summed E-state index contributed by atoms with van der Waals surface area (Å²) in [6.45, 7) is 1.91. The Morgan fingerprint density at radius 1 is 1.00 bits per heavy atom. The van der Waals surface area contributed by atoms with E-state index in [2.05, 4.69) is 15.3 Å². The van der Waals surface area contributed by atoms with Gasteiger partial charge in [0, 0.05) is 35.1 Å². The number of benzene rings is 2. The molecule has 0 aliphatic rings. The molecule has 0 saturated heterocycles. The van der Waals surface area contributed by atoms with E-state index in [0.717, 1.165) is 27.7 Å². The molecule has 3 nitrogen and oxygen atoms in total. The lowest BCUT2D eigenvalue weighted by Crippen LogP contribution is -2.10. The molecule has 0 radical (unpaired) electrons. The van der Waals surface area contributed by atoms with Gasteiger partial charge in [-0.2, -0.15) is 0 Å². The van der Waals surface area contributed by atoms with Crippen molar-refractivity contribution >= 4 is 28.2 Å². The number of pyridine rings is 2. The number of hydrogen-bond acceptors (Lipinski definition) is 3. The van der Waals surface area contributed by atoms with Crippen molar-refractivity contribution in [3.63, 3.8) is 0 Å². The van der Waals surface area contributed by atoms with Crippen molar-refractivity contribution in [1.29, 1.82) is 0 Å². The minimum atomic E-state index is -0.287. The van der Waals surface area contributed by atoms with Gasteiger partial charge < -0.3 is 5.32 Å². The van der Waals surface area contributed by atoms with Crippen LogP contribution in [0.1, 0.15) is 18.5 Å². The third-order valence-electron chi connectivity index (χ3n) is 4.55. The molecule has 2 aromatic carbocycles. The van der Waals surface area contributed by atoms with E-state index in [1.807, 2.05) is 49.4 Å². The number of nitrogens with one attached hydrogen (secondary N) is 1. The maximum absolute atomic E-state index is 14.6. The van der Waals surface area contributed by atoms with Gasteiger partial charge >= 0.3 is 0 Å². The first-order chi connectivity index (χ1) is 13.1. The third kappa shape index (κ3) is 3.49. The summed E-state index contributed by atoms with van der Waals surface area (Å²) in [4.78, 5) is 8.48. The number of anilines is 1. The second-order valence-electron chi connectivity index (χ2n) is 6.34. The standard InChI is InChI=1S/C22H17ClFN3/c1-14(27-22-17-6-2-3-7-21(17)26-13-19(22)23)18-11-15(8-9-20(18)24)16-5-4-10-25-12-16/h2-14H,1H3,(H,26,27). The Labute approximate surface area is 161 Å². The highest BCUT2D eigenvalue weighted by molar-refractivity contribution is 6.34. The summed E-state index contributed by atoms with van der Waals surface area (Å²) in [6.07, 6.45) is 5.10. The monoisotopic (exact) mass is 377 g/mol. The summed E-state index contributed by atoms with van der Waals surface area (Å²) in [6, 6.07) is 16.4. The highest BCUT2D eigenvalue weighted by atomic mass is 35.5. The number of fused-ring (bicyclic) bond motifs is 1. The molecule has 1 unspecified atom stereocenters. The van der Waals surface area contributed by atoms with Gasteiger partial charge in [0.15, 0.2) is 0 Å². The minimum absolute atomic E-state index is 0.267. The van der Waals surface area contributed by atoms with E-state index in [4.69, 9.17) is 11.6 Å². The summed E-state index contributed by atoms with van der Waals surface area (Å²) >= 11 is 6.37. The van der Waals surface area contributed by atoms with Crippen molar-refractivity contribution in [2.45, 2.75) is 13.0 Å². The Bertz CT molecular complexity index is 1100. The van der Waals surface area contributed by atoms with Gasteiger partial charge in [-0.25, -0.2) is 4.39 Å². The van der Waals surface area contributed by atoms with Crippen molar-refractivity contribution in [2.24, 2.45) is 0 Å². The van der Waals surface area contributed by atoms with Gasteiger partial charge in [-0.1, -0.05) is 41.9 Å². The molecule has 0 saturated carbocycles. The van der Waals surface area contributed by atoms with Crippen LogP contribution in [0.2, 0.25) is 5.02 Å². The molecule has 4 rings (SSSR count). The zero-order valence-corrected chi connectivity index (χ0v) is 15.4. The first-order valence-corrected chi connectivity index (χ1v) is 9.01. The van der Waals surface area contributed by atoms with Gasteiger partial charge in [0.1, 0.15) is 5.82 Å². The number of hydrogen-bond donors (Lipinski definition) is 1. The van der Waals surface area contributed by atoms with Crippen LogP contribution >= 0.6 is 11.6 Å². The molecule has 0 bridgehead atoms. The molecule has 1 N–H and O–H groups in total. The SMILES string of the molecule is CC(Nc1c(Cl)cnc2ccccc12)c1cc(-c2cccnc2)ccc1F. The average Bonchev–Trinajstić information content (AvgIpc) is 2.71. The number of aromatic nitrogens is 2. The molecule has 0 aliphatic heterocycles. The zero-order valence-electron chi connectivity index (χ0n) is 14.7. The lowest BCUT2D eigenvalue weighted by Gasteiger charge is -2.19. The Hall–Kier alpha value is -2.98. The molecular formula is C22H17ClFN3. The topological polar surface area (TPSA) is 37.8 Å². The maximum Gasteiger partial charge on any atom is 0.128 e. The molecule has 27 heavy (non-hydrogen) atoms. The smallest absolute Gasteiger partial charge is 0.128 e. The highest BCUT2D eigenvalue weighted by Gasteiger charge is 2.16. The van der Waals surface area contributed by atoms with Crippen LogP contribution in [0.3, 0.4) is 0 Å². The Kier molecular flexibility index (Phi) is 4.73. The molecular weight excluding hydrogens is 361 g/mol. The fraction of sp³-hybridized carbons (Fsp3) is 0.0909. The summed E-state index contributed by atoms with van der Waals surface area (Å²) in [7, 11) is 0. The summed E-state index contributed by atoms with van der Waals surface area (Å²) in [5.41, 5.74) is 4.01. The fourth-order valence-corrected chi connectivity index (χ4v) is 3.35. The van der Waals surface area contributed by atoms with Crippen LogP contribution in [-0.4, -0.2) is 9.97 Å². The van der Waals surface area contributed by atoms with Crippen LogP contribution in [0.5, 0.6) is 0 Å². The Morgan fingerprint density at radius 3 is 2.67 bits per heavy atom. The number of nitrogens with zero attached hydrogens (tertiary/aromatic N) is 2. The second kappa shape index (κ2) is 7.33. The number of halogens is 2. The predicted octanol–water partition coefficient (Wildman–Crippen LogP) is 6.26. The van der Waals surface area contributed by atoms with Gasteiger partial charge in [-0.15, -0.1) is 0 Å². The Balaban J connectivity index is 1.72. The molecule has 0 fully saturated rings. The van der Waals surface area contributed by atoms with Gasteiger partial charge in [0.05, 0.1) is 22.3 Å². The van der Waals surface area contributed by atoms with Crippen LogP contribution in [0, 0.1) is 5.82 Å². The van der Waals surface area contributed by atoms with E-state index < -0.39 is 0 Å². The molecule has 1 atom stereocenters. The van der Waals surface area contributed by atoms with Crippen molar-refractivity contribution in [1.82, 2.24) is 9.97 Å². The van der Waals surface area contributed by atoms with Crippen LogP contribution in [0.4, 0.5) is 10.1 Å². The van der Waals surface area contributed by atoms with Crippen LogP contribution in [0.15, 0.2) is 73.2 Å². The summed E-state index contributed by atoms with van der Waals surface area (Å²) < 4.78 is 14.6. The van der Waals surface area contributed by atoms with Crippen molar-refractivity contribution in [3.8, 4) is 11.1 Å². The summed E-state index contributed by atoms with van der Waals surface area (Å²) in [5, 5.41) is 4.77. The van der Waals surface area contributed by atoms with Crippen molar-refractivity contribution < 1.29 is 4.39 Å². The second-order valence-corrected chi connectivity index (χ2v) is 6.75. The molecule has 2 heterocycles. The molecule has 2 aromatic heterocycles. The van der Waals surface area contributed by atoms with Crippen LogP contribution < -0.4 is 5.32 Å². The largest absolute Gasteiger partial charge is 0.377 e. The lowest BCUT2D eigenvalue weighted by molar-refractivity contribution is 0.600. The van der Waals surface area contributed by atoms with E-state index in [1.54, 1.807) is 24.7 Å². The average molecular weight is 378 g/mol. The molecule has 0 aliphatic carbocycles. The predicted molar refractivity (Wildman–Crippen MR) is 108 cm³/mol. The molecule has 134 valence electrons. The van der Waals surface area contributed by atoms with Gasteiger partial charge in [-0.05, 0) is 36.8 Å². The van der Waals surface area contributed by atoms with E-state index in [1.165, 1.54) is 6.07 Å². The highest BCUT2D eigenvalue weighted by Crippen LogP contribution is 2.34. The van der Waals surface area contributed by atoms with Crippen LogP contribution in [0.25, 0.3) is 22.0 Å². The van der Waals surface area contributed by atoms with Crippen molar-refractivity contribution in [3.05, 3.63) is 89.6 Å². The van der Waals surface area contributed by atoms with Crippen LogP contribution in [-0.2, 0) is 0 Å². The van der Waals surface area contributed by atoms with Crippen molar-refractivity contribution in [2.75, 3.05) is 5.32 Å². The number of para-hydroxylation sites is 1. The molecule has 5 heteroatoms. The third-order valence-corrected chi connectivity index (χ3v) is 4.83. The first-order valence-electron chi connectivity index (χ1n) is 8.63. The lowest BCUT2D eigenvalue weighted by atomic mass is 10.00. The maximum atomic E-state index is 14.6. The van der Waals surface area contributed by atoms with Gasteiger partial charge in [0.25, 0.3) is 0 Å². The first kappa shape index (κ1) is 17.4. The molecule has 0 spiro atoms. The van der Waals surface area contributed by atoms with Gasteiger partial charge in [-0.3, -0.25) is 9.97 Å². The van der Waals surface area contributed by atoms with E-state index in [-0.39, 0.29) is 11.9 Å². The molecule has 0 amide bonds. The minimum Gasteiger partial charge on any atom is -0.377 e. The number of rotatable bonds is 4. The Morgan fingerprint density at radius 2 is 1.85 bits per heavy atom. The van der Waals surface area contributed by atoms with E-state index >= 15 is 0 Å². The zero-order chi connectivity index (χ0) is 18.8. The summed E-state index contributed by atoms with van der Waals surface area (Å²) in [5.74, 6) is -0.267. The molecule has 4 aromatic rings. The van der Waals surface area contributed by atoms with Gasteiger partial charge in [0.2, 0.25) is 0 Å².